The number of rotatable bonds is 12. The average Bonchev–Trinajstić information content (AvgIpc) is 1.75. The van der Waals surface area contributed by atoms with Gasteiger partial charge in [0.2, 0.25) is 0 Å². The topological polar surface area (TPSA) is 155 Å². The van der Waals surface area contributed by atoms with Crippen molar-refractivity contribution in [3.63, 3.8) is 0 Å². The summed E-state index contributed by atoms with van der Waals surface area (Å²) in [6.45, 7) is 0. The van der Waals surface area contributed by atoms with Gasteiger partial charge in [-0.05, 0) is 171 Å². The number of hydrogen-bond acceptors (Lipinski definition) is 12. The van der Waals surface area contributed by atoms with Crippen LogP contribution in [0.2, 0.25) is 0 Å². The van der Waals surface area contributed by atoms with E-state index in [2.05, 4.69) is 261 Å². The lowest BCUT2D eigenvalue weighted by Crippen LogP contribution is -2.01. The Bertz CT molecular complexity index is 9320. The Labute approximate surface area is 774 Å². The van der Waals surface area contributed by atoms with Crippen molar-refractivity contribution < 1.29 is 13.3 Å². The summed E-state index contributed by atoms with van der Waals surface area (Å²) in [7, 11) is 0. The first-order valence-electron chi connectivity index (χ1n) is 45.1. The first-order valence-corrected chi connectivity index (χ1v) is 45.1. The van der Waals surface area contributed by atoms with Crippen LogP contribution in [0.1, 0.15) is 0 Å². The standard InChI is InChI=1S/3C41H25N3O/c1-3-12-26(13-4-1)29-24-34-30-17-8-7-14-27(30)22-23-31(34)35(25-29)41-43-39(28-15-5-2-6-16-28)42-40(44-41)33-19-11-21-37-38(33)32-18-9-10-20-36(32)45-37;1-3-12-26(13-4-1)28-22-23-31-30-17-8-7-16-29(30)25-35(34(31)24-28)41-43-39(27-14-5-2-6-15-27)42-40(44-41)33-19-11-21-37-38(33)32-18-9-10-20-36(32)45-37;1-3-12-26(13-4-1)34-24-28-16-7-8-17-30(28)31-23-22-29(25-35(31)34)40-42-39(27-14-5-2-6-15-27)43-41(44-40)33-19-11-21-37-38(33)32-18-9-10-20-36(32)45-37/h3*1-25H. The van der Waals surface area contributed by atoms with E-state index in [-0.39, 0.29) is 0 Å². The monoisotopic (exact) mass is 1730 g/mol. The lowest BCUT2D eigenvalue weighted by atomic mass is 9.92. The van der Waals surface area contributed by atoms with Crippen molar-refractivity contribution in [1.82, 2.24) is 44.9 Å². The van der Waals surface area contributed by atoms with E-state index >= 15 is 0 Å². The smallest absolute Gasteiger partial charge is 0.164 e. The summed E-state index contributed by atoms with van der Waals surface area (Å²) in [5.74, 6) is 5.58. The maximum Gasteiger partial charge on any atom is 0.164 e. The van der Waals surface area contributed by atoms with Crippen LogP contribution >= 0.6 is 0 Å². The number of nitrogens with zero attached hydrogens (tertiary/aromatic N) is 9. The molecule has 0 spiro atoms. The molecule has 27 rings (SSSR count). The van der Waals surface area contributed by atoms with Gasteiger partial charge in [0.15, 0.2) is 52.4 Å². The van der Waals surface area contributed by atoms with E-state index in [4.69, 9.17) is 58.1 Å². The summed E-state index contributed by atoms with van der Waals surface area (Å²) in [6, 6.07) is 157. The van der Waals surface area contributed by atoms with Gasteiger partial charge in [-0.25, -0.2) is 44.9 Å². The zero-order chi connectivity index (χ0) is 89.2. The van der Waals surface area contributed by atoms with E-state index in [0.29, 0.717) is 52.4 Å². The molecular weight excluding hydrogens is 1650 g/mol. The summed E-state index contributed by atoms with van der Waals surface area (Å²) in [5.41, 5.74) is 20.2. The van der Waals surface area contributed by atoms with Crippen LogP contribution in [0.25, 0.3) is 266 Å². The van der Waals surface area contributed by atoms with Crippen LogP contribution in [-0.2, 0) is 0 Å². The van der Waals surface area contributed by atoms with Crippen molar-refractivity contribution in [3.05, 3.63) is 455 Å². The molecule has 6 heterocycles. The van der Waals surface area contributed by atoms with Crippen LogP contribution in [-0.4, -0.2) is 44.9 Å². The van der Waals surface area contributed by atoms with E-state index in [0.717, 1.165) is 165 Å². The molecule has 12 heteroatoms. The SMILES string of the molecule is c1ccc(-c2cc(-c3nc(-c4ccccc4)nc(-c4cccc5oc6ccccc6c45)n3)c3ccc4ccccc4c3c2)cc1.c1ccc(-c2ccc3c(c2)c(-c2nc(-c4ccccc4)nc(-c4cccc5oc6ccccc6c45)n2)cc2ccccc23)cc1.c1ccc(-c2nc(-c3ccc4c(c3)c(-c3ccccc3)cc3ccccc34)nc(-c3cccc4oc5ccccc5c34)n2)cc1. The molecule has 0 aliphatic heterocycles. The Balaban J connectivity index is 0.000000108. The predicted molar refractivity (Wildman–Crippen MR) is 552 cm³/mol. The Kier molecular flexibility index (Phi) is 19.6. The molecule has 0 N–H and O–H groups in total. The van der Waals surface area contributed by atoms with Crippen LogP contribution < -0.4 is 0 Å². The lowest BCUT2D eigenvalue weighted by molar-refractivity contribution is 0.668. The number of furan rings is 3. The molecule has 27 aromatic rings. The molecule has 0 aliphatic rings. The number of fused-ring (bicyclic) bond motifs is 18. The second kappa shape index (κ2) is 33.6. The Morgan fingerprint density at radius 1 is 0.119 bits per heavy atom. The van der Waals surface area contributed by atoms with Gasteiger partial charge < -0.3 is 13.3 Å². The van der Waals surface area contributed by atoms with Gasteiger partial charge >= 0.3 is 0 Å². The molecule has 0 saturated carbocycles. The van der Waals surface area contributed by atoms with Gasteiger partial charge in [-0.1, -0.05) is 382 Å². The van der Waals surface area contributed by atoms with Crippen LogP contribution in [0, 0.1) is 0 Å². The van der Waals surface area contributed by atoms with E-state index in [9.17, 15) is 0 Å². The van der Waals surface area contributed by atoms with Crippen LogP contribution in [0.3, 0.4) is 0 Å². The van der Waals surface area contributed by atoms with E-state index in [1.807, 2.05) is 194 Å². The highest BCUT2D eigenvalue weighted by molar-refractivity contribution is 6.19. The molecule has 0 aliphatic carbocycles. The molecule has 630 valence electrons. The zero-order valence-electron chi connectivity index (χ0n) is 72.6. The second-order valence-corrected chi connectivity index (χ2v) is 33.7. The fourth-order valence-electron chi connectivity index (χ4n) is 19.2. The molecule has 135 heavy (non-hydrogen) atoms. The van der Waals surface area contributed by atoms with Gasteiger partial charge in [0, 0.05) is 82.4 Å². The fourth-order valence-corrected chi connectivity index (χ4v) is 19.2. The van der Waals surface area contributed by atoms with Crippen molar-refractivity contribution in [1.29, 1.82) is 0 Å². The van der Waals surface area contributed by atoms with Crippen molar-refractivity contribution in [2.24, 2.45) is 0 Å². The van der Waals surface area contributed by atoms with Gasteiger partial charge in [0.1, 0.15) is 33.5 Å². The van der Waals surface area contributed by atoms with Crippen molar-refractivity contribution in [3.8, 4) is 136 Å². The van der Waals surface area contributed by atoms with Crippen molar-refractivity contribution in [2.75, 3.05) is 0 Å². The Hall–Kier alpha value is -18.4. The zero-order valence-corrected chi connectivity index (χ0v) is 72.6. The van der Waals surface area contributed by atoms with E-state index in [1.54, 1.807) is 0 Å². The summed E-state index contributed by atoms with van der Waals surface area (Å²) in [5, 5.41) is 20.1. The van der Waals surface area contributed by atoms with Crippen molar-refractivity contribution in [2.45, 2.75) is 0 Å². The summed E-state index contributed by atoms with van der Waals surface area (Å²) in [6.07, 6.45) is 0. The minimum absolute atomic E-state index is 0.607. The van der Waals surface area contributed by atoms with Crippen LogP contribution in [0.5, 0.6) is 0 Å². The molecule has 0 amide bonds. The third kappa shape index (κ3) is 14.5. The highest BCUT2D eigenvalue weighted by Crippen LogP contribution is 2.46. The number of aromatic nitrogens is 9. The first-order chi connectivity index (χ1) is 66.9. The molecular formula is C123H75N9O3. The van der Waals surface area contributed by atoms with Gasteiger partial charge in [0.25, 0.3) is 0 Å². The van der Waals surface area contributed by atoms with E-state index < -0.39 is 0 Å². The second-order valence-electron chi connectivity index (χ2n) is 33.7. The van der Waals surface area contributed by atoms with Gasteiger partial charge in [-0.3, -0.25) is 0 Å². The third-order valence-electron chi connectivity index (χ3n) is 25.6. The molecule has 0 atom stereocenters. The Morgan fingerprint density at radius 3 is 0.837 bits per heavy atom. The minimum Gasteiger partial charge on any atom is -0.456 e. The molecule has 12 nitrogen and oxygen atoms in total. The highest BCUT2D eigenvalue weighted by atomic mass is 16.3. The number of hydrogen-bond donors (Lipinski definition) is 0. The summed E-state index contributed by atoms with van der Waals surface area (Å²) in [4.78, 5) is 46.2. The maximum atomic E-state index is 6.24. The summed E-state index contributed by atoms with van der Waals surface area (Å²) < 4.78 is 18.7. The van der Waals surface area contributed by atoms with Crippen molar-refractivity contribution >= 4 is 130 Å². The van der Waals surface area contributed by atoms with Gasteiger partial charge in [-0.15, -0.1) is 0 Å². The van der Waals surface area contributed by atoms with E-state index in [1.165, 1.54) is 49.0 Å². The number of para-hydroxylation sites is 3. The number of benzene rings is 21. The average molecular weight is 1730 g/mol. The molecule has 0 unspecified atom stereocenters. The Morgan fingerprint density at radius 2 is 0.400 bits per heavy atom. The quantitative estimate of drug-likeness (QED) is 0.107. The fraction of sp³-hybridized carbons (Fsp3) is 0. The van der Waals surface area contributed by atoms with Crippen LogP contribution in [0.15, 0.2) is 468 Å². The molecule has 0 bridgehead atoms. The normalized spacial score (nSPS) is 11.6. The van der Waals surface area contributed by atoms with Gasteiger partial charge in [0.05, 0.1) is 0 Å². The molecule has 6 aromatic heterocycles. The molecule has 21 aromatic carbocycles. The predicted octanol–water partition coefficient (Wildman–Crippen LogP) is 32.2. The minimum atomic E-state index is 0.607. The molecule has 0 radical (unpaired) electrons. The first kappa shape index (κ1) is 78.8. The molecule has 0 fully saturated rings. The third-order valence-corrected chi connectivity index (χ3v) is 25.6. The lowest BCUT2D eigenvalue weighted by Gasteiger charge is -2.14. The van der Waals surface area contributed by atoms with Gasteiger partial charge in [-0.2, -0.15) is 0 Å². The highest BCUT2D eigenvalue weighted by Gasteiger charge is 2.26. The summed E-state index contributed by atoms with van der Waals surface area (Å²) >= 11 is 0. The van der Waals surface area contributed by atoms with Crippen LogP contribution in [0.4, 0.5) is 0 Å². The maximum absolute atomic E-state index is 6.24. The molecule has 0 saturated heterocycles. The largest absolute Gasteiger partial charge is 0.456 e.